The molecule has 1 atom stereocenters. The van der Waals surface area contributed by atoms with Crippen molar-refractivity contribution in [3.8, 4) is 0 Å². The van der Waals surface area contributed by atoms with Crippen LogP contribution in [0.2, 0.25) is 0 Å². The zero-order chi connectivity index (χ0) is 10.1. The Morgan fingerprint density at radius 1 is 1.38 bits per heavy atom. The number of halogens is 3. The number of amides is 1. The molecule has 0 spiro atoms. The number of hydrogen-bond acceptors (Lipinski definition) is 2. The van der Waals surface area contributed by atoms with E-state index in [2.05, 4.69) is 5.32 Å². The van der Waals surface area contributed by atoms with E-state index in [4.69, 9.17) is 0 Å². The fourth-order valence-corrected chi connectivity index (χ4v) is 1.23. The van der Waals surface area contributed by atoms with Gasteiger partial charge in [-0.2, -0.15) is 13.2 Å². The summed E-state index contributed by atoms with van der Waals surface area (Å²) in [6, 6.07) is 0. The van der Waals surface area contributed by atoms with Crippen molar-refractivity contribution in [3.05, 3.63) is 0 Å². The first-order valence-corrected chi connectivity index (χ1v) is 3.91. The fraction of sp³-hybridized carbons (Fsp3) is 0.857. The van der Waals surface area contributed by atoms with E-state index in [0.29, 0.717) is 0 Å². The van der Waals surface area contributed by atoms with Crippen molar-refractivity contribution in [1.82, 2.24) is 5.32 Å². The third kappa shape index (κ3) is 2.12. The van der Waals surface area contributed by atoms with Gasteiger partial charge in [0.15, 0.2) is 5.60 Å². The Bertz CT molecular complexity index is 216. The summed E-state index contributed by atoms with van der Waals surface area (Å²) in [4.78, 5) is 10.7. The van der Waals surface area contributed by atoms with Crippen LogP contribution in [0.4, 0.5) is 13.2 Å². The van der Waals surface area contributed by atoms with Gasteiger partial charge in [0.2, 0.25) is 5.91 Å². The molecule has 1 aliphatic heterocycles. The average Bonchev–Trinajstić information content (AvgIpc) is 2.13. The number of rotatable bonds is 0. The SMILES string of the molecule is O=C1CCC(O)(C(F)(F)F)CCN1. The van der Waals surface area contributed by atoms with Gasteiger partial charge in [-0.15, -0.1) is 0 Å². The molecule has 0 saturated carbocycles. The summed E-state index contributed by atoms with van der Waals surface area (Å²) in [6.45, 7) is -0.130. The zero-order valence-corrected chi connectivity index (χ0v) is 6.82. The molecular weight excluding hydrogens is 187 g/mol. The van der Waals surface area contributed by atoms with E-state index in [1.54, 1.807) is 0 Å². The Balaban J connectivity index is 2.74. The molecule has 1 aliphatic rings. The number of alkyl halides is 3. The molecule has 0 aromatic carbocycles. The molecule has 2 N–H and O–H groups in total. The van der Waals surface area contributed by atoms with Gasteiger partial charge in [0, 0.05) is 19.4 Å². The Morgan fingerprint density at radius 3 is 2.54 bits per heavy atom. The molecule has 0 radical (unpaired) electrons. The summed E-state index contributed by atoms with van der Waals surface area (Å²) in [5.74, 6) is -0.444. The Labute approximate surface area is 72.9 Å². The zero-order valence-electron chi connectivity index (χ0n) is 6.82. The van der Waals surface area contributed by atoms with Crippen molar-refractivity contribution in [2.45, 2.75) is 31.0 Å². The lowest BCUT2D eigenvalue weighted by Gasteiger charge is -2.28. The van der Waals surface area contributed by atoms with Crippen LogP contribution in [0.25, 0.3) is 0 Å². The van der Waals surface area contributed by atoms with E-state index in [1.807, 2.05) is 0 Å². The summed E-state index contributed by atoms with van der Waals surface area (Å²) < 4.78 is 36.7. The second kappa shape index (κ2) is 3.17. The number of nitrogens with one attached hydrogen (secondary N) is 1. The van der Waals surface area contributed by atoms with E-state index in [9.17, 15) is 23.1 Å². The van der Waals surface area contributed by atoms with E-state index in [-0.39, 0.29) is 13.0 Å². The maximum absolute atomic E-state index is 12.2. The van der Waals surface area contributed by atoms with Gasteiger partial charge in [0.05, 0.1) is 0 Å². The third-order valence-corrected chi connectivity index (χ3v) is 2.15. The van der Waals surface area contributed by atoms with Crippen LogP contribution >= 0.6 is 0 Å². The van der Waals surface area contributed by atoms with E-state index < -0.39 is 30.5 Å². The van der Waals surface area contributed by atoms with Gasteiger partial charge < -0.3 is 10.4 Å². The molecule has 1 unspecified atom stereocenters. The highest BCUT2D eigenvalue weighted by Crippen LogP contribution is 2.37. The smallest absolute Gasteiger partial charge is 0.380 e. The highest BCUT2D eigenvalue weighted by atomic mass is 19.4. The Hall–Kier alpha value is -0.780. The molecule has 0 aliphatic carbocycles. The van der Waals surface area contributed by atoms with Gasteiger partial charge in [0.25, 0.3) is 0 Å². The summed E-state index contributed by atoms with van der Waals surface area (Å²) in [5, 5.41) is 11.5. The lowest BCUT2D eigenvalue weighted by atomic mass is 9.94. The lowest BCUT2D eigenvalue weighted by molar-refractivity contribution is -0.263. The minimum atomic E-state index is -4.65. The van der Waals surface area contributed by atoms with E-state index in [0.717, 1.165) is 0 Å². The molecule has 1 amide bonds. The van der Waals surface area contributed by atoms with E-state index >= 15 is 0 Å². The van der Waals surface area contributed by atoms with Gasteiger partial charge in [-0.05, 0) is 6.42 Å². The van der Waals surface area contributed by atoms with Crippen molar-refractivity contribution < 1.29 is 23.1 Å². The quantitative estimate of drug-likeness (QED) is 0.596. The molecule has 1 heterocycles. The molecule has 1 saturated heterocycles. The predicted octanol–water partition coefficient (Wildman–Crippen LogP) is 0.580. The number of carbonyl (C=O) groups is 1. The molecule has 3 nitrogen and oxygen atoms in total. The van der Waals surface area contributed by atoms with Gasteiger partial charge in [-0.3, -0.25) is 4.79 Å². The van der Waals surface area contributed by atoms with Crippen LogP contribution in [0.5, 0.6) is 0 Å². The van der Waals surface area contributed by atoms with Crippen LogP contribution in [-0.2, 0) is 4.79 Å². The first-order chi connectivity index (χ1) is 5.85. The second-order valence-electron chi connectivity index (χ2n) is 3.13. The largest absolute Gasteiger partial charge is 0.417 e. The number of hydrogen-bond donors (Lipinski definition) is 2. The van der Waals surface area contributed by atoms with Crippen LogP contribution in [0.3, 0.4) is 0 Å². The summed E-state index contributed by atoms with van der Waals surface area (Å²) in [5.41, 5.74) is -2.70. The van der Waals surface area contributed by atoms with Crippen LogP contribution in [0.15, 0.2) is 0 Å². The molecule has 6 heteroatoms. The number of carbonyl (C=O) groups excluding carboxylic acids is 1. The molecule has 0 aromatic rings. The third-order valence-electron chi connectivity index (χ3n) is 2.15. The topological polar surface area (TPSA) is 49.3 Å². The molecule has 0 aromatic heterocycles. The van der Waals surface area contributed by atoms with Gasteiger partial charge >= 0.3 is 6.18 Å². The van der Waals surface area contributed by atoms with Crippen LogP contribution < -0.4 is 5.32 Å². The highest BCUT2D eigenvalue weighted by Gasteiger charge is 2.53. The van der Waals surface area contributed by atoms with Crippen LogP contribution in [-0.4, -0.2) is 29.3 Å². The highest BCUT2D eigenvalue weighted by molar-refractivity contribution is 5.76. The van der Waals surface area contributed by atoms with Crippen molar-refractivity contribution in [3.63, 3.8) is 0 Å². The van der Waals surface area contributed by atoms with Crippen molar-refractivity contribution in [1.29, 1.82) is 0 Å². The maximum atomic E-state index is 12.2. The van der Waals surface area contributed by atoms with Crippen molar-refractivity contribution in [2.75, 3.05) is 6.54 Å². The Morgan fingerprint density at radius 2 is 2.00 bits per heavy atom. The van der Waals surface area contributed by atoms with Gasteiger partial charge in [-0.1, -0.05) is 0 Å². The molecular formula is C7H10F3NO2. The maximum Gasteiger partial charge on any atom is 0.417 e. The first kappa shape index (κ1) is 10.3. The molecule has 76 valence electrons. The molecule has 1 rings (SSSR count). The van der Waals surface area contributed by atoms with Crippen molar-refractivity contribution in [2.24, 2.45) is 0 Å². The normalized spacial score (nSPS) is 30.9. The minimum Gasteiger partial charge on any atom is -0.380 e. The summed E-state index contributed by atoms with van der Waals surface area (Å²) >= 11 is 0. The van der Waals surface area contributed by atoms with Gasteiger partial charge in [-0.25, -0.2) is 0 Å². The van der Waals surface area contributed by atoms with Crippen LogP contribution in [0, 0.1) is 0 Å². The molecule has 0 bridgehead atoms. The number of aliphatic hydroxyl groups is 1. The molecule has 1 fully saturated rings. The molecule has 13 heavy (non-hydrogen) atoms. The lowest BCUT2D eigenvalue weighted by Crippen LogP contribution is -2.45. The second-order valence-corrected chi connectivity index (χ2v) is 3.13. The Kier molecular flexibility index (Phi) is 2.51. The van der Waals surface area contributed by atoms with Crippen LogP contribution in [0.1, 0.15) is 19.3 Å². The monoisotopic (exact) mass is 197 g/mol. The minimum absolute atomic E-state index is 0.130. The van der Waals surface area contributed by atoms with Gasteiger partial charge in [0.1, 0.15) is 0 Å². The summed E-state index contributed by atoms with van der Waals surface area (Å²) in [6.07, 6.45) is -5.96. The predicted molar refractivity (Wildman–Crippen MR) is 37.9 cm³/mol. The summed E-state index contributed by atoms with van der Waals surface area (Å²) in [7, 11) is 0. The first-order valence-electron chi connectivity index (χ1n) is 3.91. The fourth-order valence-electron chi connectivity index (χ4n) is 1.23. The van der Waals surface area contributed by atoms with E-state index in [1.165, 1.54) is 0 Å². The van der Waals surface area contributed by atoms with Crippen molar-refractivity contribution >= 4 is 5.91 Å². The average molecular weight is 197 g/mol. The standard InChI is InChI=1S/C7H10F3NO2/c8-7(9,10)6(13)2-1-5(12)11-4-3-6/h13H,1-4H2,(H,11,12).